The molecule has 0 aliphatic heterocycles. The van der Waals surface area contributed by atoms with Gasteiger partial charge in [-0.3, -0.25) is 4.79 Å². The average Bonchev–Trinajstić information content (AvgIpc) is 2.80. The van der Waals surface area contributed by atoms with Crippen molar-refractivity contribution >= 4 is 0 Å². The number of hydrogen-bond acceptors (Lipinski definition) is 4. The number of aromatic nitrogens is 2. The molecule has 17 heavy (non-hydrogen) atoms. The second-order valence-corrected chi connectivity index (χ2v) is 4.55. The molecule has 1 atom stereocenters. The van der Waals surface area contributed by atoms with Gasteiger partial charge in [-0.15, -0.1) is 0 Å². The highest BCUT2D eigenvalue weighted by Gasteiger charge is 2.25. The van der Waals surface area contributed by atoms with E-state index in [-0.39, 0.29) is 23.5 Å². The second-order valence-electron chi connectivity index (χ2n) is 4.55. The van der Waals surface area contributed by atoms with Gasteiger partial charge in [-0.1, -0.05) is 12.8 Å². The van der Waals surface area contributed by atoms with Crippen LogP contribution in [0.3, 0.4) is 0 Å². The lowest BCUT2D eigenvalue weighted by Gasteiger charge is -2.13. The second kappa shape index (κ2) is 4.87. The normalized spacial score (nSPS) is 18.5. The van der Waals surface area contributed by atoms with Crippen molar-refractivity contribution in [3.8, 4) is 5.88 Å². The minimum Gasteiger partial charge on any atom is -0.493 e. The first-order chi connectivity index (χ1) is 8.13. The van der Waals surface area contributed by atoms with Crippen LogP contribution in [-0.2, 0) is 4.74 Å². The van der Waals surface area contributed by atoms with Crippen molar-refractivity contribution in [3.05, 3.63) is 21.7 Å². The Labute approximate surface area is 99.9 Å². The molecule has 1 fully saturated rings. The molecule has 94 valence electrons. The van der Waals surface area contributed by atoms with E-state index in [4.69, 9.17) is 4.74 Å². The van der Waals surface area contributed by atoms with Crippen LogP contribution in [0.15, 0.2) is 4.79 Å². The van der Waals surface area contributed by atoms with Gasteiger partial charge < -0.3 is 14.8 Å². The van der Waals surface area contributed by atoms with E-state index in [9.17, 15) is 9.90 Å². The monoisotopic (exact) mass is 238 g/mol. The standard InChI is InChI=1S/C12H18N2O3/c1-7(17-2)10-13-11(15)9(12(16)14-10)8-5-3-4-6-8/h7-8H,3-6H2,1-2H3,(H2,13,14,15,16). The summed E-state index contributed by atoms with van der Waals surface area (Å²) in [4.78, 5) is 18.7. The molecular formula is C12H18N2O3. The maximum Gasteiger partial charge on any atom is 0.258 e. The van der Waals surface area contributed by atoms with E-state index < -0.39 is 0 Å². The average molecular weight is 238 g/mol. The molecule has 1 unspecified atom stereocenters. The van der Waals surface area contributed by atoms with Gasteiger partial charge in [-0.2, -0.15) is 4.98 Å². The van der Waals surface area contributed by atoms with Crippen molar-refractivity contribution in [2.24, 2.45) is 0 Å². The lowest BCUT2D eigenvalue weighted by molar-refractivity contribution is 0.111. The highest BCUT2D eigenvalue weighted by Crippen LogP contribution is 2.35. The summed E-state index contributed by atoms with van der Waals surface area (Å²) in [6.07, 6.45) is 3.81. The Kier molecular flexibility index (Phi) is 3.47. The third-order valence-electron chi connectivity index (χ3n) is 3.46. The molecule has 1 heterocycles. The minimum atomic E-state index is -0.328. The molecule has 1 aromatic heterocycles. The molecule has 1 saturated carbocycles. The number of H-pyrrole nitrogens is 1. The molecule has 0 amide bonds. The molecule has 2 N–H and O–H groups in total. The lowest BCUT2D eigenvalue weighted by Crippen LogP contribution is -2.20. The van der Waals surface area contributed by atoms with Crippen molar-refractivity contribution in [2.75, 3.05) is 7.11 Å². The lowest BCUT2D eigenvalue weighted by atomic mass is 10.00. The molecule has 1 aliphatic rings. The summed E-state index contributed by atoms with van der Waals surface area (Å²) in [5.41, 5.74) is 0.206. The van der Waals surface area contributed by atoms with Crippen LogP contribution in [0.5, 0.6) is 5.88 Å². The van der Waals surface area contributed by atoms with Crippen molar-refractivity contribution in [2.45, 2.75) is 44.6 Å². The number of aromatic amines is 1. The Morgan fingerprint density at radius 3 is 2.65 bits per heavy atom. The van der Waals surface area contributed by atoms with Gasteiger partial charge in [0.2, 0.25) is 5.88 Å². The Hall–Kier alpha value is -1.36. The van der Waals surface area contributed by atoms with Crippen molar-refractivity contribution in [1.29, 1.82) is 0 Å². The zero-order chi connectivity index (χ0) is 12.4. The molecule has 0 radical (unpaired) electrons. The summed E-state index contributed by atoms with van der Waals surface area (Å²) in [5.74, 6) is 0.384. The van der Waals surface area contributed by atoms with Gasteiger partial charge in [0.25, 0.3) is 5.56 Å². The fourth-order valence-electron chi connectivity index (χ4n) is 2.37. The first-order valence-corrected chi connectivity index (χ1v) is 5.99. The van der Waals surface area contributed by atoms with E-state index in [1.807, 2.05) is 0 Å². The van der Waals surface area contributed by atoms with Crippen LogP contribution in [0, 0.1) is 0 Å². The number of nitrogens with zero attached hydrogens (tertiary/aromatic N) is 1. The maximum atomic E-state index is 12.0. The zero-order valence-electron chi connectivity index (χ0n) is 10.2. The van der Waals surface area contributed by atoms with E-state index in [0.29, 0.717) is 11.4 Å². The van der Waals surface area contributed by atoms with Crippen LogP contribution in [0.25, 0.3) is 0 Å². The number of ether oxygens (including phenoxy) is 1. The molecule has 1 aliphatic carbocycles. The van der Waals surface area contributed by atoms with E-state index in [1.54, 1.807) is 6.92 Å². The van der Waals surface area contributed by atoms with Crippen molar-refractivity contribution < 1.29 is 9.84 Å². The highest BCUT2D eigenvalue weighted by atomic mass is 16.5. The zero-order valence-corrected chi connectivity index (χ0v) is 10.2. The molecule has 1 aromatic rings. The number of rotatable bonds is 3. The molecule has 0 bridgehead atoms. The molecule has 0 aromatic carbocycles. The van der Waals surface area contributed by atoms with Gasteiger partial charge in [-0.25, -0.2) is 0 Å². The Bertz CT molecular complexity index is 450. The number of nitrogens with one attached hydrogen (secondary N) is 1. The van der Waals surface area contributed by atoms with E-state index in [2.05, 4.69) is 9.97 Å². The third kappa shape index (κ3) is 2.34. The van der Waals surface area contributed by atoms with Crippen LogP contribution >= 0.6 is 0 Å². The van der Waals surface area contributed by atoms with E-state index >= 15 is 0 Å². The summed E-state index contributed by atoms with van der Waals surface area (Å²) in [6, 6.07) is 0. The van der Waals surface area contributed by atoms with Crippen LogP contribution in [0.2, 0.25) is 0 Å². The quantitative estimate of drug-likeness (QED) is 0.842. The van der Waals surface area contributed by atoms with Gasteiger partial charge >= 0.3 is 0 Å². The van der Waals surface area contributed by atoms with Gasteiger partial charge in [0, 0.05) is 7.11 Å². The first kappa shape index (κ1) is 12.1. The SMILES string of the molecule is COC(C)c1nc(O)c(C2CCCC2)c(=O)[nH]1. The van der Waals surface area contributed by atoms with Crippen LogP contribution in [-0.4, -0.2) is 22.2 Å². The fourth-order valence-corrected chi connectivity index (χ4v) is 2.37. The summed E-state index contributed by atoms with van der Waals surface area (Å²) >= 11 is 0. The Balaban J connectivity index is 2.38. The molecule has 5 heteroatoms. The summed E-state index contributed by atoms with van der Waals surface area (Å²) in [5, 5.41) is 9.89. The molecule has 2 rings (SSSR count). The Morgan fingerprint density at radius 2 is 2.12 bits per heavy atom. The van der Waals surface area contributed by atoms with Crippen LogP contribution < -0.4 is 5.56 Å². The first-order valence-electron chi connectivity index (χ1n) is 5.99. The number of hydrogen-bond donors (Lipinski definition) is 2. The highest BCUT2D eigenvalue weighted by molar-refractivity contribution is 5.27. The molecule has 0 spiro atoms. The summed E-state index contributed by atoms with van der Waals surface area (Å²) in [7, 11) is 1.53. The smallest absolute Gasteiger partial charge is 0.258 e. The van der Waals surface area contributed by atoms with Gasteiger partial charge in [0.15, 0.2) is 0 Å². The van der Waals surface area contributed by atoms with Crippen molar-refractivity contribution in [1.82, 2.24) is 9.97 Å². The predicted octanol–water partition coefficient (Wildman–Crippen LogP) is 1.84. The summed E-state index contributed by atoms with van der Waals surface area (Å²) in [6.45, 7) is 1.77. The van der Waals surface area contributed by atoms with Gasteiger partial charge in [0.05, 0.1) is 5.56 Å². The fraction of sp³-hybridized carbons (Fsp3) is 0.667. The molecular weight excluding hydrogens is 220 g/mol. The number of aromatic hydroxyl groups is 1. The third-order valence-corrected chi connectivity index (χ3v) is 3.46. The Morgan fingerprint density at radius 1 is 1.47 bits per heavy atom. The molecule has 0 saturated heterocycles. The van der Waals surface area contributed by atoms with Gasteiger partial charge in [-0.05, 0) is 25.7 Å². The number of methoxy groups -OCH3 is 1. The van der Waals surface area contributed by atoms with E-state index in [0.717, 1.165) is 25.7 Å². The predicted molar refractivity (Wildman–Crippen MR) is 63.2 cm³/mol. The van der Waals surface area contributed by atoms with Gasteiger partial charge in [0.1, 0.15) is 11.9 Å². The largest absolute Gasteiger partial charge is 0.493 e. The maximum absolute atomic E-state index is 12.0. The van der Waals surface area contributed by atoms with Crippen molar-refractivity contribution in [3.63, 3.8) is 0 Å². The summed E-state index contributed by atoms with van der Waals surface area (Å²) < 4.78 is 5.07. The van der Waals surface area contributed by atoms with Crippen LogP contribution in [0.4, 0.5) is 0 Å². The minimum absolute atomic E-state index is 0.139. The molecule has 5 nitrogen and oxygen atoms in total. The topological polar surface area (TPSA) is 75.2 Å². The van der Waals surface area contributed by atoms with E-state index in [1.165, 1.54) is 7.11 Å². The van der Waals surface area contributed by atoms with Crippen LogP contribution in [0.1, 0.15) is 56.0 Å².